The molecule has 1 aromatic carbocycles. The molecule has 0 aromatic heterocycles. The van der Waals surface area contributed by atoms with E-state index in [4.69, 9.17) is 0 Å². The van der Waals surface area contributed by atoms with E-state index in [9.17, 15) is 19.5 Å². The van der Waals surface area contributed by atoms with Gasteiger partial charge in [0, 0.05) is 11.1 Å². The molecule has 0 aliphatic heterocycles. The summed E-state index contributed by atoms with van der Waals surface area (Å²) in [7, 11) is 1.01. The second-order valence-corrected chi connectivity index (χ2v) is 3.86. The van der Waals surface area contributed by atoms with Crippen LogP contribution in [-0.4, -0.2) is 35.4 Å². The van der Waals surface area contributed by atoms with E-state index < -0.39 is 23.1 Å². The Balaban J connectivity index is 2.69. The Labute approximate surface area is 97.0 Å². The SMILES string of the molecule is COC(=O)C1(O)C(=O)c2cccc(C)c2C1=O. The van der Waals surface area contributed by atoms with Crippen LogP contribution in [0.4, 0.5) is 0 Å². The highest BCUT2D eigenvalue weighted by molar-refractivity contribution is 6.41. The van der Waals surface area contributed by atoms with E-state index in [2.05, 4.69) is 4.74 Å². The quantitative estimate of drug-likeness (QED) is 0.557. The lowest BCUT2D eigenvalue weighted by atomic mass is 9.98. The first kappa shape index (κ1) is 11.5. The summed E-state index contributed by atoms with van der Waals surface area (Å²) in [5.41, 5.74) is -2.03. The van der Waals surface area contributed by atoms with E-state index in [1.165, 1.54) is 6.07 Å². The maximum absolute atomic E-state index is 12.0. The first-order valence-electron chi connectivity index (χ1n) is 4.94. The summed E-state index contributed by atoms with van der Waals surface area (Å²) in [5.74, 6) is -3.08. The second kappa shape index (κ2) is 3.49. The number of aryl methyl sites for hydroxylation is 1. The fourth-order valence-corrected chi connectivity index (χ4v) is 1.97. The third-order valence-electron chi connectivity index (χ3n) is 2.88. The molecule has 88 valence electrons. The number of fused-ring (bicyclic) bond motifs is 1. The zero-order chi connectivity index (χ0) is 12.8. The molecule has 5 nitrogen and oxygen atoms in total. The van der Waals surface area contributed by atoms with Crippen LogP contribution >= 0.6 is 0 Å². The molecule has 0 bridgehead atoms. The van der Waals surface area contributed by atoms with Gasteiger partial charge in [0.25, 0.3) is 5.60 Å². The van der Waals surface area contributed by atoms with Crippen molar-refractivity contribution in [1.29, 1.82) is 0 Å². The Morgan fingerprint density at radius 3 is 2.47 bits per heavy atom. The van der Waals surface area contributed by atoms with Crippen molar-refractivity contribution < 1.29 is 24.2 Å². The summed E-state index contributed by atoms with van der Waals surface area (Å²) in [6, 6.07) is 4.62. The van der Waals surface area contributed by atoms with Gasteiger partial charge in [0.05, 0.1) is 7.11 Å². The topological polar surface area (TPSA) is 80.7 Å². The lowest BCUT2D eigenvalue weighted by Crippen LogP contribution is -2.49. The Kier molecular flexibility index (Phi) is 2.36. The van der Waals surface area contributed by atoms with Crippen LogP contribution in [0.15, 0.2) is 18.2 Å². The lowest BCUT2D eigenvalue weighted by Gasteiger charge is -2.15. The number of ether oxygens (including phenoxy) is 1. The molecular formula is C12H10O5. The molecule has 5 heteroatoms. The smallest absolute Gasteiger partial charge is 0.354 e. The summed E-state index contributed by atoms with van der Waals surface area (Å²) in [6.45, 7) is 1.63. The van der Waals surface area contributed by atoms with E-state index in [-0.39, 0.29) is 11.1 Å². The van der Waals surface area contributed by atoms with Gasteiger partial charge in [-0.05, 0) is 12.5 Å². The number of carbonyl (C=O) groups is 3. The van der Waals surface area contributed by atoms with Crippen molar-refractivity contribution in [1.82, 2.24) is 0 Å². The Bertz CT molecular complexity index is 546. The Hall–Kier alpha value is -2.01. The predicted molar refractivity (Wildman–Crippen MR) is 56.8 cm³/mol. The Morgan fingerprint density at radius 1 is 1.29 bits per heavy atom. The molecule has 1 N–H and O–H groups in total. The van der Waals surface area contributed by atoms with Gasteiger partial charge in [-0.15, -0.1) is 0 Å². The first-order valence-corrected chi connectivity index (χ1v) is 4.94. The molecule has 0 amide bonds. The van der Waals surface area contributed by atoms with Crippen LogP contribution in [0.2, 0.25) is 0 Å². The predicted octanol–water partition coefficient (Wildman–Crippen LogP) is 0.278. The van der Waals surface area contributed by atoms with Gasteiger partial charge in [0.1, 0.15) is 0 Å². The van der Waals surface area contributed by atoms with Crippen LogP contribution < -0.4 is 0 Å². The van der Waals surface area contributed by atoms with Gasteiger partial charge in [-0.1, -0.05) is 18.2 Å². The molecular weight excluding hydrogens is 224 g/mol. The van der Waals surface area contributed by atoms with Crippen molar-refractivity contribution in [2.45, 2.75) is 12.5 Å². The zero-order valence-electron chi connectivity index (χ0n) is 9.31. The number of aliphatic hydroxyl groups is 1. The van der Waals surface area contributed by atoms with Crippen LogP contribution in [0.25, 0.3) is 0 Å². The molecule has 17 heavy (non-hydrogen) atoms. The fourth-order valence-electron chi connectivity index (χ4n) is 1.97. The molecule has 1 aliphatic rings. The van der Waals surface area contributed by atoms with E-state index in [1.807, 2.05) is 0 Å². The number of esters is 1. The Morgan fingerprint density at radius 2 is 1.94 bits per heavy atom. The third-order valence-corrected chi connectivity index (χ3v) is 2.88. The fraction of sp³-hybridized carbons (Fsp3) is 0.250. The highest BCUT2D eigenvalue weighted by Crippen LogP contribution is 2.32. The molecule has 2 rings (SSSR count). The van der Waals surface area contributed by atoms with Crippen molar-refractivity contribution >= 4 is 17.5 Å². The molecule has 0 radical (unpaired) electrons. The standard InChI is InChI=1S/C12H10O5/c1-6-4-3-5-7-8(6)10(14)12(16,9(7)13)11(15)17-2/h3-5,16H,1-2H3. The van der Waals surface area contributed by atoms with E-state index >= 15 is 0 Å². The van der Waals surface area contributed by atoms with Crippen LogP contribution in [0.5, 0.6) is 0 Å². The average Bonchev–Trinajstić information content (AvgIpc) is 2.53. The van der Waals surface area contributed by atoms with Crippen molar-refractivity contribution in [2.24, 2.45) is 0 Å². The lowest BCUT2D eigenvalue weighted by molar-refractivity contribution is -0.152. The van der Waals surface area contributed by atoms with Gasteiger partial charge < -0.3 is 9.84 Å². The van der Waals surface area contributed by atoms with Crippen molar-refractivity contribution in [3.63, 3.8) is 0 Å². The normalized spacial score (nSPS) is 22.5. The largest absolute Gasteiger partial charge is 0.466 e. The summed E-state index contributed by atoms with van der Waals surface area (Å²) < 4.78 is 4.32. The molecule has 1 unspecified atom stereocenters. The number of hydrogen-bond acceptors (Lipinski definition) is 5. The maximum atomic E-state index is 12.0. The molecule has 0 spiro atoms. The minimum Gasteiger partial charge on any atom is -0.466 e. The first-order chi connectivity index (χ1) is 7.94. The van der Waals surface area contributed by atoms with Crippen LogP contribution in [0.1, 0.15) is 26.3 Å². The third kappa shape index (κ3) is 1.26. The van der Waals surface area contributed by atoms with E-state index in [1.54, 1.807) is 19.1 Å². The maximum Gasteiger partial charge on any atom is 0.354 e. The summed E-state index contributed by atoms with van der Waals surface area (Å²) in [6.07, 6.45) is 0. The number of Topliss-reactive ketones (excluding diaryl/α,β-unsaturated/α-hetero) is 2. The average molecular weight is 234 g/mol. The summed E-state index contributed by atoms with van der Waals surface area (Å²) in [5, 5.41) is 9.97. The molecule has 1 aliphatic carbocycles. The van der Waals surface area contributed by atoms with Crippen molar-refractivity contribution in [3.8, 4) is 0 Å². The number of benzene rings is 1. The minimum atomic E-state index is -2.72. The van der Waals surface area contributed by atoms with Gasteiger partial charge >= 0.3 is 5.97 Å². The summed E-state index contributed by atoms with van der Waals surface area (Å²) in [4.78, 5) is 35.3. The highest BCUT2D eigenvalue weighted by Gasteiger charge is 2.59. The van der Waals surface area contributed by atoms with E-state index in [0.717, 1.165) is 7.11 Å². The molecule has 0 fully saturated rings. The van der Waals surface area contributed by atoms with Crippen LogP contribution in [0, 0.1) is 6.92 Å². The van der Waals surface area contributed by atoms with Gasteiger partial charge in [0.15, 0.2) is 0 Å². The number of carbonyl (C=O) groups excluding carboxylic acids is 3. The van der Waals surface area contributed by atoms with Crippen molar-refractivity contribution in [3.05, 3.63) is 34.9 Å². The molecule has 1 atom stereocenters. The minimum absolute atomic E-state index is 0.0582. The monoisotopic (exact) mass is 234 g/mol. The number of methoxy groups -OCH3 is 1. The van der Waals surface area contributed by atoms with Gasteiger partial charge in [-0.3, -0.25) is 9.59 Å². The highest BCUT2D eigenvalue weighted by atomic mass is 16.5. The van der Waals surface area contributed by atoms with Crippen LogP contribution in [-0.2, 0) is 9.53 Å². The van der Waals surface area contributed by atoms with Gasteiger partial charge in [-0.25, -0.2) is 4.79 Å². The molecule has 0 saturated heterocycles. The van der Waals surface area contributed by atoms with E-state index in [0.29, 0.717) is 5.56 Å². The molecule has 1 aromatic rings. The van der Waals surface area contributed by atoms with Crippen molar-refractivity contribution in [2.75, 3.05) is 7.11 Å². The number of rotatable bonds is 1. The second-order valence-electron chi connectivity index (χ2n) is 3.86. The van der Waals surface area contributed by atoms with Gasteiger partial charge in [0.2, 0.25) is 11.6 Å². The van der Waals surface area contributed by atoms with Crippen LogP contribution in [0.3, 0.4) is 0 Å². The molecule has 0 heterocycles. The number of ketones is 2. The molecule has 0 saturated carbocycles. The number of hydrogen-bond donors (Lipinski definition) is 1. The summed E-state index contributed by atoms with van der Waals surface area (Å²) >= 11 is 0. The zero-order valence-corrected chi connectivity index (χ0v) is 9.31. The van der Waals surface area contributed by atoms with Gasteiger partial charge in [-0.2, -0.15) is 0 Å².